The molecule has 6 nitrogen and oxygen atoms in total. The monoisotopic (exact) mass is 327 g/mol. The summed E-state index contributed by atoms with van der Waals surface area (Å²) in [4.78, 5) is 30.3. The van der Waals surface area contributed by atoms with Gasteiger partial charge in [0.2, 0.25) is 11.8 Å². The Hall–Kier alpha value is -2.50. The molecule has 0 atom stereocenters. The van der Waals surface area contributed by atoms with Gasteiger partial charge in [0, 0.05) is 37.4 Å². The molecule has 1 amide bonds. The van der Waals surface area contributed by atoms with Gasteiger partial charge in [0.25, 0.3) is 0 Å². The van der Waals surface area contributed by atoms with Crippen molar-refractivity contribution in [1.82, 2.24) is 15.0 Å². The zero-order valence-corrected chi connectivity index (χ0v) is 13.9. The van der Waals surface area contributed by atoms with Crippen molar-refractivity contribution in [3.63, 3.8) is 0 Å². The molecule has 0 unspecified atom stereocenters. The van der Waals surface area contributed by atoms with Gasteiger partial charge in [0.05, 0.1) is 5.92 Å². The molecule has 6 heteroatoms. The van der Waals surface area contributed by atoms with E-state index in [-0.39, 0.29) is 36.4 Å². The molecule has 3 rings (SSSR count). The molecule has 1 aliphatic heterocycles. The standard InChI is InChI=1S/C18H21N3O3/c1-12(2)17-19-18(24-20-17)14-10-21(11-14)16(23)9-8-15(22)13-6-4-3-5-7-13/h3-7,12,14H,8-11H2,1-2H3. The Bertz CT molecular complexity index is 718. The first kappa shape index (κ1) is 16.4. The molecule has 1 aromatic carbocycles. The fourth-order valence-corrected chi connectivity index (χ4v) is 2.63. The van der Waals surface area contributed by atoms with Crippen LogP contribution >= 0.6 is 0 Å². The van der Waals surface area contributed by atoms with Crippen LogP contribution in [0.25, 0.3) is 0 Å². The second-order valence-corrected chi connectivity index (χ2v) is 6.43. The average Bonchev–Trinajstić information content (AvgIpc) is 3.02. The van der Waals surface area contributed by atoms with E-state index in [1.165, 1.54) is 0 Å². The normalized spacial score (nSPS) is 14.7. The van der Waals surface area contributed by atoms with Crippen molar-refractivity contribution in [1.29, 1.82) is 0 Å². The number of amides is 1. The molecular weight excluding hydrogens is 306 g/mol. The minimum absolute atomic E-state index is 0.000463. The highest BCUT2D eigenvalue weighted by atomic mass is 16.5. The highest BCUT2D eigenvalue weighted by Gasteiger charge is 2.35. The van der Waals surface area contributed by atoms with Crippen molar-refractivity contribution in [2.45, 2.75) is 38.5 Å². The van der Waals surface area contributed by atoms with E-state index in [0.717, 1.165) is 0 Å². The molecule has 0 aliphatic carbocycles. The van der Waals surface area contributed by atoms with Crippen molar-refractivity contribution in [3.8, 4) is 0 Å². The minimum atomic E-state index is -0.000806. The number of likely N-dealkylation sites (tertiary alicyclic amines) is 1. The summed E-state index contributed by atoms with van der Waals surface area (Å²) in [7, 11) is 0. The zero-order chi connectivity index (χ0) is 17.1. The van der Waals surface area contributed by atoms with Gasteiger partial charge in [-0.1, -0.05) is 49.3 Å². The summed E-state index contributed by atoms with van der Waals surface area (Å²) < 4.78 is 5.26. The topological polar surface area (TPSA) is 76.3 Å². The van der Waals surface area contributed by atoms with Crippen LogP contribution in [0, 0.1) is 0 Å². The number of hydrogen-bond acceptors (Lipinski definition) is 5. The highest BCUT2D eigenvalue weighted by molar-refractivity contribution is 5.97. The molecule has 0 N–H and O–H groups in total. The van der Waals surface area contributed by atoms with E-state index in [4.69, 9.17) is 4.52 Å². The molecule has 0 radical (unpaired) electrons. The molecule has 1 fully saturated rings. The molecule has 1 aromatic heterocycles. The maximum atomic E-state index is 12.2. The van der Waals surface area contributed by atoms with Gasteiger partial charge < -0.3 is 9.42 Å². The smallest absolute Gasteiger partial charge is 0.233 e. The van der Waals surface area contributed by atoms with Crippen LogP contribution in [0.3, 0.4) is 0 Å². The summed E-state index contributed by atoms with van der Waals surface area (Å²) >= 11 is 0. The predicted octanol–water partition coefficient (Wildman–Crippen LogP) is 2.78. The van der Waals surface area contributed by atoms with Crippen LogP contribution in [0.2, 0.25) is 0 Å². The van der Waals surface area contributed by atoms with Gasteiger partial charge in [0.1, 0.15) is 0 Å². The van der Waals surface area contributed by atoms with Gasteiger partial charge in [-0.05, 0) is 0 Å². The minimum Gasteiger partial charge on any atom is -0.341 e. The fraction of sp³-hybridized carbons (Fsp3) is 0.444. The van der Waals surface area contributed by atoms with Crippen LogP contribution in [0.15, 0.2) is 34.9 Å². The molecule has 2 aromatic rings. The quantitative estimate of drug-likeness (QED) is 0.763. The van der Waals surface area contributed by atoms with Gasteiger partial charge in [-0.15, -0.1) is 0 Å². The van der Waals surface area contributed by atoms with Crippen LogP contribution in [0.4, 0.5) is 0 Å². The fourth-order valence-electron chi connectivity index (χ4n) is 2.63. The second kappa shape index (κ2) is 6.95. The second-order valence-electron chi connectivity index (χ2n) is 6.43. The number of ketones is 1. The summed E-state index contributed by atoms with van der Waals surface area (Å²) in [6, 6.07) is 9.06. The van der Waals surface area contributed by atoms with E-state index in [1.54, 1.807) is 17.0 Å². The number of carbonyl (C=O) groups is 2. The lowest BCUT2D eigenvalue weighted by molar-refractivity contribution is -0.135. The summed E-state index contributed by atoms with van der Waals surface area (Å²) in [5.74, 6) is 1.63. The van der Waals surface area contributed by atoms with Gasteiger partial charge in [0.15, 0.2) is 11.6 Å². The van der Waals surface area contributed by atoms with Gasteiger partial charge in [-0.2, -0.15) is 4.98 Å². The van der Waals surface area contributed by atoms with Crippen LogP contribution < -0.4 is 0 Å². The van der Waals surface area contributed by atoms with Crippen LogP contribution in [0.1, 0.15) is 60.6 Å². The van der Waals surface area contributed by atoms with Crippen molar-refractivity contribution < 1.29 is 14.1 Å². The van der Waals surface area contributed by atoms with E-state index < -0.39 is 0 Å². The molecule has 126 valence electrons. The molecular formula is C18H21N3O3. The van der Waals surface area contributed by atoms with E-state index in [1.807, 2.05) is 32.0 Å². The Labute approximate surface area is 140 Å². The molecule has 1 aliphatic rings. The van der Waals surface area contributed by atoms with Gasteiger partial charge >= 0.3 is 0 Å². The van der Waals surface area contributed by atoms with E-state index in [9.17, 15) is 9.59 Å². The lowest BCUT2D eigenvalue weighted by atomic mass is 9.98. The van der Waals surface area contributed by atoms with Crippen molar-refractivity contribution in [3.05, 3.63) is 47.6 Å². The summed E-state index contributed by atoms with van der Waals surface area (Å²) in [5, 5.41) is 3.95. The zero-order valence-electron chi connectivity index (χ0n) is 13.9. The lowest BCUT2D eigenvalue weighted by Gasteiger charge is -2.37. The third-order valence-corrected chi connectivity index (χ3v) is 4.22. The van der Waals surface area contributed by atoms with Crippen molar-refractivity contribution in [2.75, 3.05) is 13.1 Å². The first-order valence-corrected chi connectivity index (χ1v) is 8.24. The number of rotatable bonds is 6. The first-order valence-electron chi connectivity index (χ1n) is 8.24. The molecule has 1 saturated heterocycles. The lowest BCUT2D eigenvalue weighted by Crippen LogP contribution is -2.48. The number of Topliss-reactive ketones (excluding diaryl/α,β-unsaturated/α-hetero) is 1. The Morgan fingerprint density at radius 2 is 1.92 bits per heavy atom. The Morgan fingerprint density at radius 3 is 2.54 bits per heavy atom. The maximum absolute atomic E-state index is 12.2. The van der Waals surface area contributed by atoms with Crippen molar-refractivity contribution >= 4 is 11.7 Å². The third kappa shape index (κ3) is 3.53. The Morgan fingerprint density at radius 1 is 1.21 bits per heavy atom. The molecule has 0 spiro atoms. The SMILES string of the molecule is CC(C)c1noc(C2CN(C(=O)CCC(=O)c3ccccc3)C2)n1. The van der Waals surface area contributed by atoms with Crippen LogP contribution in [0.5, 0.6) is 0 Å². The number of hydrogen-bond donors (Lipinski definition) is 0. The Balaban J connectivity index is 1.45. The van der Waals surface area contributed by atoms with Gasteiger partial charge in [-0.3, -0.25) is 9.59 Å². The molecule has 0 saturated carbocycles. The summed E-state index contributed by atoms with van der Waals surface area (Å²) in [6.45, 7) is 5.18. The highest BCUT2D eigenvalue weighted by Crippen LogP contribution is 2.27. The molecule has 2 heterocycles. The average molecular weight is 327 g/mol. The summed E-state index contributed by atoms with van der Waals surface area (Å²) in [5.41, 5.74) is 0.652. The van der Waals surface area contributed by atoms with E-state index >= 15 is 0 Å². The van der Waals surface area contributed by atoms with Crippen LogP contribution in [-0.2, 0) is 4.79 Å². The Kier molecular flexibility index (Phi) is 4.74. The predicted molar refractivity (Wildman–Crippen MR) is 87.7 cm³/mol. The maximum Gasteiger partial charge on any atom is 0.233 e. The van der Waals surface area contributed by atoms with Crippen molar-refractivity contribution in [2.24, 2.45) is 0 Å². The van der Waals surface area contributed by atoms with Gasteiger partial charge in [-0.25, -0.2) is 0 Å². The largest absolute Gasteiger partial charge is 0.341 e. The molecule has 24 heavy (non-hydrogen) atoms. The molecule has 0 bridgehead atoms. The van der Waals surface area contributed by atoms with Crippen LogP contribution in [-0.4, -0.2) is 39.8 Å². The number of benzene rings is 1. The first-order chi connectivity index (χ1) is 11.5. The third-order valence-electron chi connectivity index (χ3n) is 4.22. The summed E-state index contributed by atoms with van der Waals surface area (Å²) in [6.07, 6.45) is 0.476. The number of nitrogens with zero attached hydrogens (tertiary/aromatic N) is 3. The number of carbonyl (C=O) groups excluding carboxylic acids is 2. The van der Waals surface area contributed by atoms with E-state index in [2.05, 4.69) is 10.1 Å². The number of aromatic nitrogens is 2. The van der Waals surface area contributed by atoms with E-state index in [0.29, 0.717) is 30.4 Å².